The van der Waals surface area contributed by atoms with Gasteiger partial charge in [0, 0.05) is 7.05 Å². The first-order valence-electron chi connectivity index (χ1n) is 4.59. The Morgan fingerprint density at radius 3 is 2.71 bits per heavy atom. The monoisotopic (exact) mass is 248 g/mol. The number of pyridine rings is 1. The second-order valence-electron chi connectivity index (χ2n) is 3.33. The number of nitrogens with zero attached hydrogens (tertiary/aromatic N) is 2. The Morgan fingerprint density at radius 1 is 1.53 bits per heavy atom. The molecule has 0 aliphatic heterocycles. The summed E-state index contributed by atoms with van der Waals surface area (Å²) in [7, 11) is 1.06. The molecule has 1 heterocycles. The predicted octanol–water partition coefficient (Wildman–Crippen LogP) is 1.00. The molecule has 94 valence electrons. The lowest BCUT2D eigenvalue weighted by Gasteiger charge is -2.18. The maximum Gasteiger partial charge on any atom is 0.406 e. The van der Waals surface area contributed by atoms with Crippen molar-refractivity contribution in [1.29, 1.82) is 0 Å². The van der Waals surface area contributed by atoms with Crippen LogP contribution in [0.1, 0.15) is 10.5 Å². The number of nitrogens with one attached hydrogen (secondary N) is 1. The topological polar surface area (TPSA) is 71.2 Å². The SMILES string of the molecule is CN(CC(F)(F)F)C(=O)c1cccc(NN)n1. The van der Waals surface area contributed by atoms with Gasteiger partial charge in [0.2, 0.25) is 0 Å². The smallest absolute Gasteiger partial charge is 0.331 e. The zero-order valence-electron chi connectivity index (χ0n) is 8.95. The Labute approximate surface area is 95.4 Å². The van der Waals surface area contributed by atoms with Gasteiger partial charge in [-0.1, -0.05) is 6.07 Å². The highest BCUT2D eigenvalue weighted by Gasteiger charge is 2.31. The predicted molar refractivity (Wildman–Crippen MR) is 55.1 cm³/mol. The van der Waals surface area contributed by atoms with Gasteiger partial charge in [-0.2, -0.15) is 13.2 Å². The Kier molecular flexibility index (Phi) is 3.89. The molecule has 0 saturated heterocycles. The van der Waals surface area contributed by atoms with Gasteiger partial charge in [-0.3, -0.25) is 4.79 Å². The van der Waals surface area contributed by atoms with Gasteiger partial charge in [0.05, 0.1) is 0 Å². The highest BCUT2D eigenvalue weighted by atomic mass is 19.4. The van der Waals surface area contributed by atoms with Gasteiger partial charge in [-0.25, -0.2) is 10.8 Å². The lowest BCUT2D eigenvalue weighted by molar-refractivity contribution is -0.138. The lowest BCUT2D eigenvalue weighted by Crippen LogP contribution is -2.36. The number of alkyl halides is 3. The average Bonchev–Trinajstić information content (AvgIpc) is 2.26. The van der Waals surface area contributed by atoms with Crippen molar-refractivity contribution in [3.63, 3.8) is 0 Å². The van der Waals surface area contributed by atoms with Crippen LogP contribution in [0.3, 0.4) is 0 Å². The van der Waals surface area contributed by atoms with Crippen molar-refractivity contribution < 1.29 is 18.0 Å². The molecule has 3 N–H and O–H groups in total. The Balaban J connectivity index is 2.81. The molecule has 17 heavy (non-hydrogen) atoms. The quantitative estimate of drug-likeness (QED) is 0.618. The van der Waals surface area contributed by atoms with Crippen molar-refractivity contribution in [2.75, 3.05) is 19.0 Å². The van der Waals surface area contributed by atoms with Crippen LogP contribution in [0.5, 0.6) is 0 Å². The molecule has 1 aromatic heterocycles. The van der Waals surface area contributed by atoms with Crippen LogP contribution in [0.15, 0.2) is 18.2 Å². The van der Waals surface area contributed by atoms with Crippen LogP contribution in [-0.4, -0.2) is 35.6 Å². The average molecular weight is 248 g/mol. The molecule has 8 heteroatoms. The fraction of sp³-hybridized carbons (Fsp3) is 0.333. The van der Waals surface area contributed by atoms with E-state index in [9.17, 15) is 18.0 Å². The van der Waals surface area contributed by atoms with Crippen LogP contribution >= 0.6 is 0 Å². The molecule has 0 fully saturated rings. The minimum Gasteiger partial charge on any atom is -0.331 e. The van der Waals surface area contributed by atoms with Crippen LogP contribution in [0, 0.1) is 0 Å². The van der Waals surface area contributed by atoms with Crippen molar-refractivity contribution in [3.8, 4) is 0 Å². The van der Waals surface area contributed by atoms with Crippen molar-refractivity contribution in [3.05, 3.63) is 23.9 Å². The van der Waals surface area contributed by atoms with Crippen LogP contribution in [-0.2, 0) is 0 Å². The number of carbonyl (C=O) groups excluding carboxylic acids is 1. The zero-order chi connectivity index (χ0) is 13.1. The molecule has 0 aromatic carbocycles. The number of aromatic nitrogens is 1. The van der Waals surface area contributed by atoms with Crippen LogP contribution in [0.2, 0.25) is 0 Å². The van der Waals surface area contributed by atoms with Gasteiger partial charge in [0.25, 0.3) is 5.91 Å². The van der Waals surface area contributed by atoms with Crippen molar-refractivity contribution >= 4 is 11.7 Å². The van der Waals surface area contributed by atoms with Crippen molar-refractivity contribution in [2.24, 2.45) is 5.84 Å². The summed E-state index contributed by atoms with van der Waals surface area (Å²) >= 11 is 0. The number of rotatable bonds is 3. The maximum atomic E-state index is 12.1. The summed E-state index contributed by atoms with van der Waals surface area (Å²) in [5.41, 5.74) is 2.10. The minimum atomic E-state index is -4.44. The zero-order valence-corrected chi connectivity index (χ0v) is 8.95. The first-order chi connectivity index (χ1) is 7.83. The Hall–Kier alpha value is -1.83. The van der Waals surface area contributed by atoms with Crippen molar-refractivity contribution in [2.45, 2.75) is 6.18 Å². The molecule has 1 rings (SSSR count). The maximum absolute atomic E-state index is 12.1. The molecular weight excluding hydrogens is 237 g/mol. The number of hydrogen-bond donors (Lipinski definition) is 2. The van der Waals surface area contributed by atoms with Gasteiger partial charge in [0.15, 0.2) is 0 Å². The highest BCUT2D eigenvalue weighted by molar-refractivity contribution is 5.92. The molecular formula is C9H11F3N4O. The van der Waals surface area contributed by atoms with Crippen LogP contribution in [0.25, 0.3) is 0 Å². The van der Waals surface area contributed by atoms with E-state index in [0.717, 1.165) is 7.05 Å². The minimum absolute atomic E-state index is 0.104. The van der Waals surface area contributed by atoms with E-state index in [-0.39, 0.29) is 11.5 Å². The van der Waals surface area contributed by atoms with E-state index in [1.54, 1.807) is 0 Å². The van der Waals surface area contributed by atoms with E-state index in [2.05, 4.69) is 10.4 Å². The number of hydrazine groups is 1. The summed E-state index contributed by atoms with van der Waals surface area (Å²) in [6, 6.07) is 4.27. The number of nitrogen functional groups attached to an aromatic ring is 1. The normalized spacial score (nSPS) is 11.1. The standard InChI is InChI=1S/C9H11F3N4O/c1-16(5-9(10,11)12)8(17)6-3-2-4-7(14-6)15-13/h2-4H,5,13H2,1H3,(H,14,15). The van der Waals surface area contributed by atoms with Gasteiger partial charge in [0.1, 0.15) is 18.1 Å². The third-order valence-electron chi connectivity index (χ3n) is 1.88. The third kappa shape index (κ3) is 3.91. The molecule has 0 unspecified atom stereocenters. The molecule has 1 aromatic rings. The Bertz CT molecular complexity index is 407. The summed E-state index contributed by atoms with van der Waals surface area (Å²) in [6.07, 6.45) is -4.44. The number of hydrogen-bond acceptors (Lipinski definition) is 4. The molecule has 0 bridgehead atoms. The fourth-order valence-electron chi connectivity index (χ4n) is 1.17. The molecule has 0 aliphatic rings. The van der Waals surface area contributed by atoms with Gasteiger partial charge in [-0.15, -0.1) is 0 Å². The van der Waals surface area contributed by atoms with E-state index in [1.807, 2.05) is 0 Å². The molecule has 0 saturated carbocycles. The first-order valence-corrected chi connectivity index (χ1v) is 4.59. The Morgan fingerprint density at radius 2 is 2.18 bits per heavy atom. The fourth-order valence-corrected chi connectivity index (χ4v) is 1.17. The van der Waals surface area contributed by atoms with E-state index in [0.29, 0.717) is 4.90 Å². The van der Waals surface area contributed by atoms with Crippen LogP contribution < -0.4 is 11.3 Å². The molecule has 5 nitrogen and oxygen atoms in total. The molecule has 0 aliphatic carbocycles. The lowest BCUT2D eigenvalue weighted by atomic mass is 10.3. The summed E-state index contributed by atoms with van der Waals surface area (Å²) < 4.78 is 36.2. The van der Waals surface area contributed by atoms with Gasteiger partial charge in [-0.05, 0) is 12.1 Å². The van der Waals surface area contributed by atoms with E-state index < -0.39 is 18.6 Å². The number of anilines is 1. The summed E-state index contributed by atoms with van der Waals surface area (Å²) in [4.78, 5) is 15.9. The van der Waals surface area contributed by atoms with Gasteiger partial charge >= 0.3 is 6.18 Å². The number of carbonyl (C=O) groups is 1. The van der Waals surface area contributed by atoms with E-state index in [1.165, 1.54) is 18.2 Å². The second-order valence-corrected chi connectivity index (χ2v) is 3.33. The first kappa shape index (κ1) is 13.2. The van der Waals surface area contributed by atoms with Crippen LogP contribution in [0.4, 0.5) is 19.0 Å². The number of halogens is 3. The molecule has 0 radical (unpaired) electrons. The van der Waals surface area contributed by atoms with E-state index in [4.69, 9.17) is 5.84 Å². The third-order valence-corrected chi connectivity index (χ3v) is 1.88. The summed E-state index contributed by atoms with van der Waals surface area (Å²) in [5.74, 6) is 4.46. The number of nitrogens with two attached hydrogens (primary N) is 1. The highest BCUT2D eigenvalue weighted by Crippen LogP contribution is 2.16. The molecule has 1 amide bonds. The summed E-state index contributed by atoms with van der Waals surface area (Å²) in [6.45, 7) is -1.33. The second kappa shape index (κ2) is 5.00. The van der Waals surface area contributed by atoms with Crippen molar-refractivity contribution in [1.82, 2.24) is 9.88 Å². The summed E-state index contributed by atoms with van der Waals surface area (Å²) in [5, 5.41) is 0. The number of amides is 1. The van der Waals surface area contributed by atoms with Gasteiger partial charge < -0.3 is 10.3 Å². The van der Waals surface area contributed by atoms with E-state index >= 15 is 0 Å². The molecule has 0 atom stereocenters. The molecule has 0 spiro atoms. The largest absolute Gasteiger partial charge is 0.406 e.